The number of rotatable bonds is 4. The van der Waals surface area contributed by atoms with Gasteiger partial charge in [0.1, 0.15) is 0 Å². The lowest BCUT2D eigenvalue weighted by molar-refractivity contribution is 0.108. The molecule has 0 spiro atoms. The minimum atomic E-state index is 0.827. The topological polar surface area (TPSA) is 6.48 Å². The van der Waals surface area contributed by atoms with E-state index in [1.165, 1.54) is 51.1 Å². The number of fused-ring (bicyclic) bond motifs is 2. The van der Waals surface area contributed by atoms with E-state index in [-0.39, 0.29) is 0 Å². The number of piperazine rings is 1. The van der Waals surface area contributed by atoms with Gasteiger partial charge in [-0.2, -0.15) is 0 Å². The minimum Gasteiger partial charge on any atom is -0.300 e. The molecule has 3 aliphatic rings. The highest BCUT2D eigenvalue weighted by molar-refractivity contribution is 6.30. The molecule has 4 rings (SSSR count). The first-order chi connectivity index (χ1) is 10.8. The van der Waals surface area contributed by atoms with Gasteiger partial charge in [0.05, 0.1) is 0 Å². The predicted molar refractivity (Wildman–Crippen MR) is 92.0 cm³/mol. The van der Waals surface area contributed by atoms with E-state index in [0.717, 1.165) is 29.3 Å². The molecule has 2 aliphatic carbocycles. The van der Waals surface area contributed by atoms with Crippen molar-refractivity contribution in [3.63, 3.8) is 0 Å². The van der Waals surface area contributed by atoms with Gasteiger partial charge >= 0.3 is 0 Å². The van der Waals surface area contributed by atoms with E-state index in [2.05, 4.69) is 34.1 Å². The van der Waals surface area contributed by atoms with Crippen LogP contribution in [0.4, 0.5) is 0 Å². The standard InChI is InChI=1S/C19H25ClN2/c20-19-5-2-15(3-6-19)13-21-7-9-22(10-8-21)14-18-12-16-1-4-17(18)11-16/h1-6,16-18H,7-14H2/t16-,17-,18+/m1/s1. The van der Waals surface area contributed by atoms with Crippen LogP contribution >= 0.6 is 11.6 Å². The maximum absolute atomic E-state index is 5.96. The Morgan fingerprint density at radius 2 is 1.64 bits per heavy atom. The van der Waals surface area contributed by atoms with Crippen molar-refractivity contribution in [2.45, 2.75) is 19.4 Å². The Morgan fingerprint density at radius 1 is 0.909 bits per heavy atom. The van der Waals surface area contributed by atoms with Crippen LogP contribution in [0.3, 0.4) is 0 Å². The summed E-state index contributed by atoms with van der Waals surface area (Å²) in [7, 11) is 0. The van der Waals surface area contributed by atoms with Crippen molar-refractivity contribution in [2.75, 3.05) is 32.7 Å². The summed E-state index contributed by atoms with van der Waals surface area (Å²) in [6.45, 7) is 7.22. The number of allylic oxidation sites excluding steroid dienone is 2. The van der Waals surface area contributed by atoms with E-state index in [1.807, 2.05) is 12.1 Å². The number of nitrogens with zero attached hydrogens (tertiary/aromatic N) is 2. The highest BCUT2D eigenvalue weighted by Crippen LogP contribution is 2.43. The van der Waals surface area contributed by atoms with Gasteiger partial charge in [0.2, 0.25) is 0 Å². The van der Waals surface area contributed by atoms with Gasteiger partial charge < -0.3 is 4.90 Å². The Balaban J connectivity index is 1.24. The maximum atomic E-state index is 5.96. The Morgan fingerprint density at radius 3 is 2.27 bits per heavy atom. The highest BCUT2D eigenvalue weighted by atomic mass is 35.5. The Hall–Kier alpha value is -0.830. The average Bonchev–Trinajstić information content (AvgIpc) is 3.14. The van der Waals surface area contributed by atoms with E-state index in [1.54, 1.807) is 0 Å². The number of hydrogen-bond donors (Lipinski definition) is 0. The average molecular weight is 317 g/mol. The second-order valence-corrected chi connectivity index (χ2v) is 7.68. The van der Waals surface area contributed by atoms with Crippen LogP contribution in [0.2, 0.25) is 5.02 Å². The van der Waals surface area contributed by atoms with Gasteiger partial charge in [-0.1, -0.05) is 35.9 Å². The summed E-state index contributed by atoms with van der Waals surface area (Å²) in [6.07, 6.45) is 7.80. The van der Waals surface area contributed by atoms with Crippen LogP contribution in [-0.2, 0) is 6.54 Å². The lowest BCUT2D eigenvalue weighted by Gasteiger charge is -2.37. The second kappa shape index (κ2) is 6.35. The zero-order valence-electron chi connectivity index (χ0n) is 13.1. The first kappa shape index (κ1) is 14.7. The molecule has 1 saturated carbocycles. The summed E-state index contributed by atoms with van der Waals surface area (Å²) in [4.78, 5) is 5.26. The first-order valence-electron chi connectivity index (χ1n) is 8.64. The number of halogens is 1. The van der Waals surface area contributed by atoms with Crippen molar-refractivity contribution in [2.24, 2.45) is 17.8 Å². The van der Waals surface area contributed by atoms with Crippen molar-refractivity contribution in [3.8, 4) is 0 Å². The molecule has 1 saturated heterocycles. The van der Waals surface area contributed by atoms with Gasteiger partial charge in [-0.3, -0.25) is 4.90 Å². The zero-order valence-corrected chi connectivity index (χ0v) is 13.9. The van der Waals surface area contributed by atoms with E-state index in [0.29, 0.717) is 0 Å². The molecule has 2 bridgehead atoms. The molecule has 0 radical (unpaired) electrons. The SMILES string of the molecule is Clc1ccc(CN2CCN(C[C@@H]3C[C@@H]4C=C[C@@H]3C4)CC2)cc1. The van der Waals surface area contributed by atoms with E-state index >= 15 is 0 Å². The molecule has 0 aromatic heterocycles. The Kier molecular flexibility index (Phi) is 4.25. The lowest BCUT2D eigenvalue weighted by Crippen LogP contribution is -2.47. The Labute approximate surface area is 138 Å². The van der Waals surface area contributed by atoms with Gasteiger partial charge in [0, 0.05) is 44.3 Å². The predicted octanol–water partition coefficient (Wildman–Crippen LogP) is 3.67. The molecule has 1 aliphatic heterocycles. The molecule has 2 fully saturated rings. The summed E-state index contributed by atoms with van der Waals surface area (Å²) >= 11 is 5.96. The Bertz CT molecular complexity index is 531. The smallest absolute Gasteiger partial charge is 0.0406 e. The summed E-state index contributed by atoms with van der Waals surface area (Å²) in [5.41, 5.74) is 1.37. The van der Waals surface area contributed by atoms with Crippen LogP contribution in [0.1, 0.15) is 18.4 Å². The number of benzene rings is 1. The maximum Gasteiger partial charge on any atom is 0.0406 e. The molecule has 118 valence electrons. The quantitative estimate of drug-likeness (QED) is 0.782. The van der Waals surface area contributed by atoms with Gasteiger partial charge in [0.25, 0.3) is 0 Å². The third kappa shape index (κ3) is 3.24. The van der Waals surface area contributed by atoms with Crippen LogP contribution < -0.4 is 0 Å². The zero-order chi connectivity index (χ0) is 14.9. The van der Waals surface area contributed by atoms with Crippen LogP contribution in [0.25, 0.3) is 0 Å². The normalized spacial score (nSPS) is 32.0. The van der Waals surface area contributed by atoms with Gasteiger partial charge in [-0.15, -0.1) is 0 Å². The third-order valence-corrected chi connectivity index (χ3v) is 5.95. The summed E-state index contributed by atoms with van der Waals surface area (Å²) < 4.78 is 0. The molecule has 3 atom stereocenters. The minimum absolute atomic E-state index is 0.827. The second-order valence-electron chi connectivity index (χ2n) is 7.24. The fraction of sp³-hybridized carbons (Fsp3) is 0.579. The molecule has 0 N–H and O–H groups in total. The molecule has 3 heteroatoms. The fourth-order valence-corrected chi connectivity index (χ4v) is 4.54. The molecule has 0 amide bonds. The highest BCUT2D eigenvalue weighted by Gasteiger charge is 2.36. The molecule has 2 nitrogen and oxygen atoms in total. The lowest BCUT2D eigenvalue weighted by atomic mass is 9.93. The first-order valence-corrected chi connectivity index (χ1v) is 9.01. The monoisotopic (exact) mass is 316 g/mol. The molecule has 0 unspecified atom stereocenters. The van der Waals surface area contributed by atoms with Crippen LogP contribution in [0, 0.1) is 17.8 Å². The van der Waals surface area contributed by atoms with Crippen molar-refractivity contribution in [1.29, 1.82) is 0 Å². The van der Waals surface area contributed by atoms with Crippen molar-refractivity contribution < 1.29 is 0 Å². The van der Waals surface area contributed by atoms with E-state index < -0.39 is 0 Å². The number of hydrogen-bond acceptors (Lipinski definition) is 2. The van der Waals surface area contributed by atoms with E-state index in [9.17, 15) is 0 Å². The van der Waals surface area contributed by atoms with Crippen molar-refractivity contribution in [3.05, 3.63) is 47.0 Å². The van der Waals surface area contributed by atoms with Crippen LogP contribution in [0.15, 0.2) is 36.4 Å². The molecular formula is C19H25ClN2. The molecule has 1 aromatic carbocycles. The van der Waals surface area contributed by atoms with Gasteiger partial charge in [-0.25, -0.2) is 0 Å². The van der Waals surface area contributed by atoms with Crippen LogP contribution in [-0.4, -0.2) is 42.5 Å². The molecule has 22 heavy (non-hydrogen) atoms. The summed E-state index contributed by atoms with van der Waals surface area (Å²) in [5, 5.41) is 0.827. The van der Waals surface area contributed by atoms with E-state index in [4.69, 9.17) is 11.6 Å². The molecule has 1 aromatic rings. The summed E-state index contributed by atoms with van der Waals surface area (Å²) in [6, 6.07) is 8.29. The largest absolute Gasteiger partial charge is 0.300 e. The fourth-order valence-electron chi connectivity index (χ4n) is 4.41. The molecule has 1 heterocycles. The van der Waals surface area contributed by atoms with Crippen molar-refractivity contribution >= 4 is 11.6 Å². The molecular weight excluding hydrogens is 292 g/mol. The van der Waals surface area contributed by atoms with Crippen LogP contribution in [0.5, 0.6) is 0 Å². The summed E-state index contributed by atoms with van der Waals surface area (Å²) in [5.74, 6) is 2.72. The van der Waals surface area contributed by atoms with Gasteiger partial charge in [0.15, 0.2) is 0 Å². The van der Waals surface area contributed by atoms with Gasteiger partial charge in [-0.05, 0) is 48.3 Å². The van der Waals surface area contributed by atoms with Crippen molar-refractivity contribution in [1.82, 2.24) is 9.80 Å². The third-order valence-electron chi connectivity index (χ3n) is 5.69.